The third-order valence-corrected chi connectivity index (χ3v) is 6.74. The Kier molecular flexibility index (Phi) is 5.23. The minimum absolute atomic E-state index is 0.102. The van der Waals surface area contributed by atoms with Gasteiger partial charge in [0, 0.05) is 26.1 Å². The van der Waals surface area contributed by atoms with Crippen LogP contribution in [-0.4, -0.2) is 27.4 Å². The average molecular weight is 405 g/mol. The topological polar surface area (TPSA) is 18.5 Å². The minimum Gasteiger partial charge on any atom is -0.380 e. The van der Waals surface area contributed by atoms with Gasteiger partial charge in [0.05, 0.1) is 13.2 Å². The molecule has 0 radical (unpaired) electrons. The van der Waals surface area contributed by atoms with Crippen molar-refractivity contribution in [3.63, 3.8) is 0 Å². The zero-order valence-corrected chi connectivity index (χ0v) is 19.8. The molecule has 4 aliphatic carbocycles. The van der Waals surface area contributed by atoms with Gasteiger partial charge in [-0.15, -0.1) is 0 Å². The number of allylic oxidation sites excluding steroid dienone is 10. The molecule has 0 amide bonds. The molecule has 2 atom stereocenters. The number of ether oxygens (including phenoxy) is 2. The van der Waals surface area contributed by atoms with Gasteiger partial charge in [0.2, 0.25) is 0 Å². The fourth-order valence-corrected chi connectivity index (χ4v) is 5.08. The first kappa shape index (κ1) is 21.3. The Morgan fingerprint density at radius 3 is 1.87 bits per heavy atom. The van der Waals surface area contributed by atoms with Crippen LogP contribution >= 0.6 is 0 Å². The summed E-state index contributed by atoms with van der Waals surface area (Å²) in [5.74, 6) is 0.733. The molecule has 0 aromatic heterocycles. The second-order valence-corrected chi connectivity index (χ2v) is 11.1. The van der Waals surface area contributed by atoms with Gasteiger partial charge in [0.15, 0.2) is 0 Å². The van der Waals surface area contributed by atoms with Gasteiger partial charge in [0.1, 0.15) is 0 Å². The standard InChI is InChI=1S/C28H36O2/c1-27(2,3)21-11-17-9-20(16-30-8)24-14-22(28(4,5)6)12-18-10-19(15-29-7)23(13-21)25(17)26(18)24/h9-14,25-26H,15-16H2,1-8H3. The molecule has 4 rings (SSSR count). The average Bonchev–Trinajstić information content (AvgIpc) is 2.65. The van der Waals surface area contributed by atoms with E-state index in [1.165, 1.54) is 44.6 Å². The summed E-state index contributed by atoms with van der Waals surface area (Å²) in [6.45, 7) is 15.1. The van der Waals surface area contributed by atoms with E-state index in [0.717, 1.165) is 0 Å². The number of rotatable bonds is 4. The van der Waals surface area contributed by atoms with Gasteiger partial charge in [-0.3, -0.25) is 0 Å². The molecule has 0 fully saturated rings. The summed E-state index contributed by atoms with van der Waals surface area (Å²) in [6.07, 6.45) is 14.5. The Bertz CT molecular complexity index is 975. The maximum atomic E-state index is 5.64. The predicted octanol–water partition coefficient (Wildman–Crippen LogP) is 6.51. The second kappa shape index (κ2) is 7.35. The maximum Gasteiger partial charge on any atom is 0.0716 e. The molecule has 0 heterocycles. The normalized spacial score (nSPS) is 25.6. The molecule has 0 saturated heterocycles. The smallest absolute Gasteiger partial charge is 0.0716 e. The van der Waals surface area contributed by atoms with Crippen molar-refractivity contribution in [3.8, 4) is 0 Å². The Balaban J connectivity index is 2.00. The Labute approximate surface area is 182 Å². The molecule has 2 nitrogen and oxygen atoms in total. The molecule has 0 aliphatic heterocycles. The first-order chi connectivity index (χ1) is 14.0. The van der Waals surface area contributed by atoms with Gasteiger partial charge in [-0.2, -0.15) is 0 Å². The van der Waals surface area contributed by atoms with Crippen molar-refractivity contribution in [3.05, 3.63) is 81.0 Å². The van der Waals surface area contributed by atoms with Crippen LogP contribution in [0.3, 0.4) is 0 Å². The van der Waals surface area contributed by atoms with Crippen LogP contribution in [0.5, 0.6) is 0 Å². The van der Waals surface area contributed by atoms with Crippen molar-refractivity contribution in [2.24, 2.45) is 22.7 Å². The van der Waals surface area contributed by atoms with Crippen LogP contribution in [-0.2, 0) is 9.47 Å². The fourth-order valence-electron chi connectivity index (χ4n) is 5.08. The van der Waals surface area contributed by atoms with E-state index in [9.17, 15) is 0 Å². The molecule has 30 heavy (non-hydrogen) atoms. The van der Waals surface area contributed by atoms with Crippen molar-refractivity contribution in [1.82, 2.24) is 0 Å². The van der Waals surface area contributed by atoms with Crippen LogP contribution < -0.4 is 0 Å². The molecule has 0 N–H and O–H groups in total. The van der Waals surface area contributed by atoms with E-state index in [4.69, 9.17) is 9.47 Å². The lowest BCUT2D eigenvalue weighted by molar-refractivity contribution is 0.223. The van der Waals surface area contributed by atoms with E-state index in [-0.39, 0.29) is 10.8 Å². The molecule has 0 aromatic rings. The Morgan fingerprint density at radius 1 is 0.667 bits per heavy atom. The first-order valence-electron chi connectivity index (χ1n) is 11.1. The van der Waals surface area contributed by atoms with Crippen molar-refractivity contribution >= 4 is 0 Å². The van der Waals surface area contributed by atoms with Crippen LogP contribution in [0.1, 0.15) is 41.5 Å². The summed E-state index contributed by atoms with van der Waals surface area (Å²) in [5.41, 5.74) is 11.3. The summed E-state index contributed by atoms with van der Waals surface area (Å²) in [7, 11) is 3.60. The number of hydrogen-bond acceptors (Lipinski definition) is 2. The highest BCUT2D eigenvalue weighted by Gasteiger charge is 2.43. The molecule has 0 aromatic carbocycles. The third-order valence-electron chi connectivity index (χ3n) is 6.74. The lowest BCUT2D eigenvalue weighted by atomic mass is 9.58. The summed E-state index contributed by atoms with van der Waals surface area (Å²) in [4.78, 5) is 0. The molecule has 0 saturated carbocycles. The zero-order chi connectivity index (χ0) is 21.8. The highest BCUT2D eigenvalue weighted by molar-refractivity contribution is 5.67. The van der Waals surface area contributed by atoms with Crippen LogP contribution in [0.15, 0.2) is 81.0 Å². The number of methoxy groups -OCH3 is 2. The van der Waals surface area contributed by atoms with Gasteiger partial charge in [-0.05, 0) is 55.4 Å². The summed E-state index contributed by atoms with van der Waals surface area (Å²) >= 11 is 0. The summed E-state index contributed by atoms with van der Waals surface area (Å²) in [5, 5.41) is 0. The molecule has 2 unspecified atom stereocenters. The van der Waals surface area contributed by atoms with Gasteiger partial charge in [0.25, 0.3) is 0 Å². The number of hydrogen-bond donors (Lipinski definition) is 0. The zero-order valence-electron chi connectivity index (χ0n) is 19.8. The molecule has 2 heteroatoms. The third kappa shape index (κ3) is 3.55. The van der Waals surface area contributed by atoms with Crippen molar-refractivity contribution in [2.45, 2.75) is 41.5 Å². The molecule has 160 valence electrons. The van der Waals surface area contributed by atoms with Crippen molar-refractivity contribution in [2.75, 3.05) is 27.4 Å². The van der Waals surface area contributed by atoms with E-state index in [1.54, 1.807) is 14.2 Å². The highest BCUT2D eigenvalue weighted by atomic mass is 16.5. The van der Waals surface area contributed by atoms with E-state index in [2.05, 4.69) is 78.0 Å². The Hall–Kier alpha value is -1.90. The van der Waals surface area contributed by atoms with E-state index >= 15 is 0 Å². The lowest BCUT2D eigenvalue weighted by Crippen LogP contribution is -2.35. The van der Waals surface area contributed by atoms with Gasteiger partial charge in [-0.25, -0.2) is 0 Å². The van der Waals surface area contributed by atoms with Gasteiger partial charge >= 0.3 is 0 Å². The highest BCUT2D eigenvalue weighted by Crippen LogP contribution is 2.55. The lowest BCUT2D eigenvalue weighted by Gasteiger charge is -2.45. The van der Waals surface area contributed by atoms with Crippen LogP contribution in [0, 0.1) is 22.7 Å². The second-order valence-electron chi connectivity index (χ2n) is 11.1. The Morgan fingerprint density at radius 2 is 1.27 bits per heavy atom. The SMILES string of the molecule is COCC1=CC2=CC(C(C)(C)C)=CC3=C(COC)C=C4C=C(C(C)(C)C)C=C1C4C23. The largest absolute Gasteiger partial charge is 0.380 e. The molecule has 4 aliphatic rings. The van der Waals surface area contributed by atoms with Crippen LogP contribution in [0.2, 0.25) is 0 Å². The summed E-state index contributed by atoms with van der Waals surface area (Å²) < 4.78 is 11.3. The fraction of sp³-hybridized carbons (Fsp3) is 0.500. The monoisotopic (exact) mass is 404 g/mol. The molecular formula is C28H36O2. The van der Waals surface area contributed by atoms with Crippen LogP contribution in [0.25, 0.3) is 0 Å². The molecule has 0 bridgehead atoms. The molecular weight excluding hydrogens is 368 g/mol. The maximum absolute atomic E-state index is 5.64. The quantitative estimate of drug-likeness (QED) is 0.531. The predicted molar refractivity (Wildman–Crippen MR) is 125 cm³/mol. The van der Waals surface area contributed by atoms with Crippen molar-refractivity contribution < 1.29 is 9.47 Å². The van der Waals surface area contributed by atoms with E-state index < -0.39 is 0 Å². The van der Waals surface area contributed by atoms with E-state index in [0.29, 0.717) is 25.0 Å². The van der Waals surface area contributed by atoms with E-state index in [1.807, 2.05) is 0 Å². The molecule has 0 spiro atoms. The van der Waals surface area contributed by atoms with Gasteiger partial charge < -0.3 is 9.47 Å². The van der Waals surface area contributed by atoms with Crippen LogP contribution in [0.4, 0.5) is 0 Å². The minimum atomic E-state index is 0.102. The summed E-state index contributed by atoms with van der Waals surface area (Å²) in [6, 6.07) is 0. The van der Waals surface area contributed by atoms with Crippen molar-refractivity contribution in [1.29, 1.82) is 0 Å². The first-order valence-corrected chi connectivity index (χ1v) is 11.1. The van der Waals surface area contributed by atoms with Gasteiger partial charge in [-0.1, -0.05) is 78.0 Å².